The van der Waals surface area contributed by atoms with Crippen molar-refractivity contribution >= 4 is 22.5 Å². The van der Waals surface area contributed by atoms with Gasteiger partial charge >= 0.3 is 0 Å². The maximum Gasteiger partial charge on any atom is 0.141 e. The fourth-order valence-electron chi connectivity index (χ4n) is 2.21. The van der Waals surface area contributed by atoms with Crippen LogP contribution in [0.25, 0.3) is 10.9 Å². The molecule has 0 aliphatic heterocycles. The van der Waals surface area contributed by atoms with E-state index in [2.05, 4.69) is 4.98 Å². The van der Waals surface area contributed by atoms with E-state index in [-0.39, 0.29) is 5.02 Å². The number of hydrogen-bond acceptors (Lipinski definition) is 2. The fourth-order valence-corrected chi connectivity index (χ4v) is 2.40. The van der Waals surface area contributed by atoms with Gasteiger partial charge in [0.15, 0.2) is 0 Å². The van der Waals surface area contributed by atoms with E-state index in [9.17, 15) is 9.50 Å². The van der Waals surface area contributed by atoms with Crippen LogP contribution in [0.2, 0.25) is 5.02 Å². The van der Waals surface area contributed by atoms with Crippen molar-refractivity contribution in [2.24, 2.45) is 0 Å². The molecular weight excluding hydrogens is 277 g/mol. The number of pyridine rings is 1. The molecule has 0 saturated heterocycles. The molecule has 2 nitrogen and oxygen atoms in total. The Bertz CT molecular complexity index is 770. The lowest BCUT2D eigenvalue weighted by molar-refractivity contribution is 0.221. The number of aromatic nitrogens is 1. The van der Waals surface area contributed by atoms with Gasteiger partial charge in [-0.1, -0.05) is 41.9 Å². The number of para-hydroxylation sites is 1. The summed E-state index contributed by atoms with van der Waals surface area (Å²) in [4.78, 5) is 4.30. The molecule has 4 heteroatoms. The minimum absolute atomic E-state index is 0.00486. The molecule has 1 aromatic heterocycles. The molecule has 0 amide bonds. The summed E-state index contributed by atoms with van der Waals surface area (Å²) in [5.74, 6) is -0.501. The van der Waals surface area contributed by atoms with E-state index < -0.39 is 11.9 Å². The topological polar surface area (TPSA) is 33.1 Å². The van der Waals surface area contributed by atoms with Crippen LogP contribution in [-0.4, -0.2) is 10.1 Å². The number of rotatable bonds is 2. The van der Waals surface area contributed by atoms with Crippen LogP contribution >= 0.6 is 11.6 Å². The zero-order valence-electron chi connectivity index (χ0n) is 10.4. The van der Waals surface area contributed by atoms with E-state index in [1.165, 1.54) is 18.2 Å². The van der Waals surface area contributed by atoms with Gasteiger partial charge in [0, 0.05) is 17.1 Å². The predicted molar refractivity (Wildman–Crippen MR) is 77.2 cm³/mol. The standard InChI is InChI=1S/C16H11ClFNO/c17-13-9-11(6-7-14(13)18)16(20)12-5-1-3-10-4-2-8-19-15(10)12/h1-9,16,20H. The Kier molecular flexibility index (Phi) is 3.38. The molecule has 2 aromatic carbocycles. The van der Waals surface area contributed by atoms with E-state index in [0.717, 1.165) is 10.9 Å². The lowest BCUT2D eigenvalue weighted by Crippen LogP contribution is -2.01. The molecule has 0 spiro atoms. The first-order chi connectivity index (χ1) is 9.66. The molecule has 0 saturated carbocycles. The van der Waals surface area contributed by atoms with Crippen molar-refractivity contribution in [2.45, 2.75) is 6.10 Å². The van der Waals surface area contributed by atoms with Crippen molar-refractivity contribution in [2.75, 3.05) is 0 Å². The molecule has 1 unspecified atom stereocenters. The minimum Gasteiger partial charge on any atom is -0.384 e. The molecule has 100 valence electrons. The first-order valence-corrected chi connectivity index (χ1v) is 6.51. The first kappa shape index (κ1) is 13.0. The normalized spacial score (nSPS) is 12.6. The number of benzene rings is 2. The summed E-state index contributed by atoms with van der Waals surface area (Å²) in [5.41, 5.74) is 1.93. The van der Waals surface area contributed by atoms with Gasteiger partial charge in [0.1, 0.15) is 11.9 Å². The quantitative estimate of drug-likeness (QED) is 0.769. The van der Waals surface area contributed by atoms with Crippen molar-refractivity contribution in [3.8, 4) is 0 Å². The maximum absolute atomic E-state index is 13.2. The molecule has 3 rings (SSSR count). The third-order valence-electron chi connectivity index (χ3n) is 3.22. The second-order valence-corrected chi connectivity index (χ2v) is 4.91. The summed E-state index contributed by atoms with van der Waals surface area (Å²) in [6, 6.07) is 13.6. The third kappa shape index (κ3) is 2.26. The third-order valence-corrected chi connectivity index (χ3v) is 3.51. The van der Waals surface area contributed by atoms with Crippen LogP contribution in [-0.2, 0) is 0 Å². The van der Waals surface area contributed by atoms with Gasteiger partial charge in [0.2, 0.25) is 0 Å². The van der Waals surface area contributed by atoms with Crippen molar-refractivity contribution in [1.82, 2.24) is 4.98 Å². The van der Waals surface area contributed by atoms with Crippen LogP contribution in [0.15, 0.2) is 54.7 Å². The zero-order chi connectivity index (χ0) is 14.1. The number of nitrogens with zero attached hydrogens (tertiary/aromatic N) is 1. The molecule has 0 aliphatic carbocycles. The zero-order valence-corrected chi connectivity index (χ0v) is 11.2. The average Bonchev–Trinajstić information content (AvgIpc) is 2.49. The van der Waals surface area contributed by atoms with Gasteiger partial charge in [-0.15, -0.1) is 0 Å². The Balaban J connectivity index is 2.12. The number of fused-ring (bicyclic) bond motifs is 1. The van der Waals surface area contributed by atoms with E-state index in [1.54, 1.807) is 12.3 Å². The lowest BCUT2D eigenvalue weighted by Gasteiger charge is -2.14. The van der Waals surface area contributed by atoms with E-state index in [4.69, 9.17) is 11.6 Å². The van der Waals surface area contributed by atoms with Crippen molar-refractivity contribution < 1.29 is 9.50 Å². The molecule has 0 bridgehead atoms. The summed E-state index contributed by atoms with van der Waals surface area (Å²) in [6.45, 7) is 0. The highest BCUT2D eigenvalue weighted by Gasteiger charge is 2.15. The van der Waals surface area contributed by atoms with E-state index in [1.807, 2.05) is 24.3 Å². The Morgan fingerprint density at radius 2 is 1.90 bits per heavy atom. The molecule has 1 N–H and O–H groups in total. The van der Waals surface area contributed by atoms with Crippen LogP contribution in [0.3, 0.4) is 0 Å². The summed E-state index contributed by atoms with van der Waals surface area (Å²) < 4.78 is 13.2. The Labute approximate surface area is 120 Å². The monoisotopic (exact) mass is 287 g/mol. The Morgan fingerprint density at radius 1 is 1.10 bits per heavy atom. The van der Waals surface area contributed by atoms with Gasteiger partial charge in [-0.05, 0) is 23.8 Å². The Morgan fingerprint density at radius 3 is 2.70 bits per heavy atom. The minimum atomic E-state index is -0.897. The van der Waals surface area contributed by atoms with Gasteiger partial charge < -0.3 is 5.11 Å². The molecule has 0 fully saturated rings. The van der Waals surface area contributed by atoms with Crippen LogP contribution in [0.4, 0.5) is 4.39 Å². The van der Waals surface area contributed by atoms with Gasteiger partial charge in [0.25, 0.3) is 0 Å². The summed E-state index contributed by atoms with van der Waals surface area (Å²) in [5, 5.41) is 11.4. The van der Waals surface area contributed by atoms with Gasteiger partial charge in [-0.2, -0.15) is 0 Å². The smallest absolute Gasteiger partial charge is 0.141 e. The van der Waals surface area contributed by atoms with Crippen LogP contribution in [0, 0.1) is 5.82 Å². The summed E-state index contributed by atoms with van der Waals surface area (Å²) in [7, 11) is 0. The van der Waals surface area contributed by atoms with Gasteiger partial charge in [0.05, 0.1) is 10.5 Å². The van der Waals surface area contributed by atoms with Crippen molar-refractivity contribution in [1.29, 1.82) is 0 Å². The molecule has 1 heterocycles. The number of hydrogen-bond donors (Lipinski definition) is 1. The molecule has 1 atom stereocenters. The van der Waals surface area contributed by atoms with Crippen molar-refractivity contribution in [3.05, 3.63) is 76.7 Å². The number of aliphatic hydroxyl groups is 1. The Hall–Kier alpha value is -1.97. The number of aliphatic hydroxyl groups excluding tert-OH is 1. The second kappa shape index (κ2) is 5.19. The second-order valence-electron chi connectivity index (χ2n) is 4.50. The van der Waals surface area contributed by atoms with Crippen LogP contribution in [0.1, 0.15) is 17.2 Å². The molecular formula is C16H11ClFNO. The SMILES string of the molecule is OC(c1ccc(F)c(Cl)c1)c1cccc2cccnc12. The lowest BCUT2D eigenvalue weighted by atomic mass is 9.99. The van der Waals surface area contributed by atoms with E-state index in [0.29, 0.717) is 11.1 Å². The molecule has 0 radical (unpaired) electrons. The molecule has 0 aliphatic rings. The summed E-state index contributed by atoms with van der Waals surface area (Å²) in [6.07, 6.45) is 0.780. The predicted octanol–water partition coefficient (Wildman–Crippen LogP) is 4.11. The number of halogens is 2. The van der Waals surface area contributed by atoms with Crippen LogP contribution in [0.5, 0.6) is 0 Å². The summed E-state index contributed by atoms with van der Waals surface area (Å²) >= 11 is 5.76. The highest BCUT2D eigenvalue weighted by Crippen LogP contribution is 2.29. The van der Waals surface area contributed by atoms with Gasteiger partial charge in [-0.3, -0.25) is 4.98 Å². The van der Waals surface area contributed by atoms with E-state index >= 15 is 0 Å². The highest BCUT2D eigenvalue weighted by atomic mass is 35.5. The maximum atomic E-state index is 13.2. The van der Waals surface area contributed by atoms with Gasteiger partial charge in [-0.25, -0.2) is 4.39 Å². The first-order valence-electron chi connectivity index (χ1n) is 6.13. The molecule has 3 aromatic rings. The van der Waals surface area contributed by atoms with Crippen LogP contribution < -0.4 is 0 Å². The average molecular weight is 288 g/mol. The molecule has 20 heavy (non-hydrogen) atoms. The van der Waals surface area contributed by atoms with Crippen molar-refractivity contribution in [3.63, 3.8) is 0 Å². The highest BCUT2D eigenvalue weighted by molar-refractivity contribution is 6.30. The fraction of sp³-hybridized carbons (Fsp3) is 0.0625. The largest absolute Gasteiger partial charge is 0.384 e.